The molecule has 25 heavy (non-hydrogen) atoms. The summed E-state index contributed by atoms with van der Waals surface area (Å²) in [5.74, 6) is 1.09. The lowest BCUT2D eigenvalue weighted by Crippen LogP contribution is -2.47. The molecule has 0 atom stereocenters. The third kappa shape index (κ3) is 5.09. The van der Waals surface area contributed by atoms with Crippen LogP contribution in [-0.4, -0.2) is 75.1 Å². The van der Waals surface area contributed by atoms with Crippen LogP contribution < -0.4 is 14.8 Å². The molecule has 0 saturated carbocycles. The van der Waals surface area contributed by atoms with E-state index in [1.54, 1.807) is 37.3 Å². The van der Waals surface area contributed by atoms with Gasteiger partial charge in [0.25, 0.3) is 5.91 Å². The molecule has 0 aliphatic carbocycles. The van der Waals surface area contributed by atoms with Crippen LogP contribution in [0.1, 0.15) is 23.7 Å². The van der Waals surface area contributed by atoms with Gasteiger partial charge in [0.2, 0.25) is 5.91 Å². The van der Waals surface area contributed by atoms with Crippen molar-refractivity contribution in [3.63, 3.8) is 0 Å². The second kappa shape index (κ2) is 9.27. The molecule has 7 heteroatoms. The predicted octanol–water partition coefficient (Wildman–Crippen LogP) is 0.988. The fourth-order valence-electron chi connectivity index (χ4n) is 2.82. The number of carbonyl (C=O) groups is 2. The first-order chi connectivity index (χ1) is 12.1. The second-order valence-electron chi connectivity index (χ2n) is 5.87. The number of rotatable bonds is 7. The summed E-state index contributed by atoms with van der Waals surface area (Å²) in [6.45, 7) is 5.95. The summed E-state index contributed by atoms with van der Waals surface area (Å²) in [5.41, 5.74) is 0.493. The van der Waals surface area contributed by atoms with Gasteiger partial charge in [0, 0.05) is 57.3 Å². The van der Waals surface area contributed by atoms with Crippen LogP contribution in [0.2, 0.25) is 0 Å². The lowest BCUT2D eigenvalue weighted by molar-refractivity contribution is -0.131. The minimum Gasteiger partial charge on any atom is -0.497 e. The van der Waals surface area contributed by atoms with Gasteiger partial charge in [-0.3, -0.25) is 9.59 Å². The first kappa shape index (κ1) is 19.1. The molecule has 1 fully saturated rings. The van der Waals surface area contributed by atoms with E-state index >= 15 is 0 Å². The number of amides is 2. The maximum absolute atomic E-state index is 12.8. The molecule has 1 N–H and O–H groups in total. The van der Waals surface area contributed by atoms with Crippen LogP contribution in [0.5, 0.6) is 11.5 Å². The fraction of sp³-hybridized carbons (Fsp3) is 0.556. The van der Waals surface area contributed by atoms with Crippen LogP contribution in [0, 0.1) is 0 Å². The van der Waals surface area contributed by atoms with Crippen LogP contribution in [-0.2, 0) is 4.79 Å². The molecule has 0 aromatic heterocycles. The van der Waals surface area contributed by atoms with Crippen molar-refractivity contribution in [3.05, 3.63) is 23.8 Å². The van der Waals surface area contributed by atoms with Gasteiger partial charge < -0.3 is 24.6 Å². The highest BCUT2D eigenvalue weighted by Gasteiger charge is 2.20. The van der Waals surface area contributed by atoms with Gasteiger partial charge in [-0.25, -0.2) is 0 Å². The standard InChI is InChI=1S/C18H27N3O4/c1-4-20(8-5-17(22)21-9-6-19-7-10-21)18(23)14-11-15(24-2)13-16(12-14)25-3/h11-13,19H,4-10H2,1-3H3. The number of hydrogen-bond donors (Lipinski definition) is 1. The Kier molecular flexibility index (Phi) is 7.06. The van der Waals surface area contributed by atoms with E-state index in [0.29, 0.717) is 36.6 Å². The Morgan fingerprint density at radius 3 is 2.24 bits per heavy atom. The zero-order chi connectivity index (χ0) is 18.2. The maximum Gasteiger partial charge on any atom is 0.254 e. The third-order valence-electron chi connectivity index (χ3n) is 4.33. The van der Waals surface area contributed by atoms with Crippen LogP contribution in [0.15, 0.2) is 18.2 Å². The van der Waals surface area contributed by atoms with Gasteiger partial charge >= 0.3 is 0 Å². The minimum atomic E-state index is -0.132. The molecule has 0 spiro atoms. The number of carbonyl (C=O) groups excluding carboxylic acids is 2. The molecule has 2 rings (SSSR count). The maximum atomic E-state index is 12.8. The van der Waals surface area contributed by atoms with E-state index in [1.807, 2.05) is 11.8 Å². The van der Waals surface area contributed by atoms with Crippen LogP contribution in [0.3, 0.4) is 0 Å². The van der Waals surface area contributed by atoms with E-state index < -0.39 is 0 Å². The summed E-state index contributed by atoms with van der Waals surface area (Å²) < 4.78 is 10.4. The second-order valence-corrected chi connectivity index (χ2v) is 5.87. The zero-order valence-corrected chi connectivity index (χ0v) is 15.2. The normalized spacial score (nSPS) is 14.1. The molecule has 1 heterocycles. The number of piperazine rings is 1. The first-order valence-electron chi connectivity index (χ1n) is 8.59. The molecule has 1 aromatic rings. The number of methoxy groups -OCH3 is 2. The largest absolute Gasteiger partial charge is 0.497 e. The number of ether oxygens (including phenoxy) is 2. The third-order valence-corrected chi connectivity index (χ3v) is 4.33. The quantitative estimate of drug-likeness (QED) is 0.795. The SMILES string of the molecule is CCN(CCC(=O)N1CCNCC1)C(=O)c1cc(OC)cc(OC)c1. The summed E-state index contributed by atoms with van der Waals surface area (Å²) >= 11 is 0. The van der Waals surface area contributed by atoms with Crippen molar-refractivity contribution in [3.8, 4) is 11.5 Å². The van der Waals surface area contributed by atoms with Crippen molar-refractivity contribution >= 4 is 11.8 Å². The molecular weight excluding hydrogens is 322 g/mol. The van der Waals surface area contributed by atoms with Crippen molar-refractivity contribution in [2.24, 2.45) is 0 Å². The number of benzene rings is 1. The predicted molar refractivity (Wildman–Crippen MR) is 95.2 cm³/mol. The minimum absolute atomic E-state index is 0.0935. The van der Waals surface area contributed by atoms with Gasteiger partial charge in [-0.05, 0) is 19.1 Å². The molecule has 138 valence electrons. The Morgan fingerprint density at radius 1 is 1.12 bits per heavy atom. The zero-order valence-electron chi connectivity index (χ0n) is 15.2. The molecule has 0 bridgehead atoms. The number of nitrogens with zero attached hydrogens (tertiary/aromatic N) is 2. The molecule has 1 aliphatic heterocycles. The molecular formula is C18H27N3O4. The van der Waals surface area contributed by atoms with Crippen LogP contribution in [0.4, 0.5) is 0 Å². The van der Waals surface area contributed by atoms with E-state index in [9.17, 15) is 9.59 Å². The lowest BCUT2D eigenvalue weighted by atomic mass is 10.1. The molecule has 1 aliphatic rings. The summed E-state index contributed by atoms with van der Waals surface area (Å²) in [5, 5.41) is 3.22. The summed E-state index contributed by atoms with van der Waals surface area (Å²) in [4.78, 5) is 28.6. The van der Waals surface area contributed by atoms with Gasteiger partial charge in [0.1, 0.15) is 11.5 Å². The Hall–Kier alpha value is -2.28. The Balaban J connectivity index is 2.01. The summed E-state index contributed by atoms with van der Waals surface area (Å²) in [7, 11) is 3.10. The first-order valence-corrected chi connectivity index (χ1v) is 8.59. The van der Waals surface area contributed by atoms with Crippen molar-refractivity contribution in [1.29, 1.82) is 0 Å². The van der Waals surface area contributed by atoms with Gasteiger partial charge in [0.15, 0.2) is 0 Å². The van der Waals surface area contributed by atoms with Gasteiger partial charge in [-0.15, -0.1) is 0 Å². The van der Waals surface area contributed by atoms with Crippen LogP contribution in [0.25, 0.3) is 0 Å². The van der Waals surface area contributed by atoms with Crippen molar-refractivity contribution in [1.82, 2.24) is 15.1 Å². The van der Waals surface area contributed by atoms with E-state index in [2.05, 4.69) is 5.32 Å². The highest BCUT2D eigenvalue weighted by molar-refractivity contribution is 5.95. The van der Waals surface area contributed by atoms with Crippen molar-refractivity contribution in [2.75, 3.05) is 53.5 Å². The van der Waals surface area contributed by atoms with E-state index in [0.717, 1.165) is 26.2 Å². The monoisotopic (exact) mass is 349 g/mol. The molecule has 7 nitrogen and oxygen atoms in total. The molecule has 2 amide bonds. The lowest BCUT2D eigenvalue weighted by Gasteiger charge is -2.28. The van der Waals surface area contributed by atoms with Crippen LogP contribution >= 0.6 is 0 Å². The summed E-state index contributed by atoms with van der Waals surface area (Å²) in [6, 6.07) is 5.10. The van der Waals surface area contributed by atoms with E-state index in [1.165, 1.54) is 0 Å². The van der Waals surface area contributed by atoms with Crippen molar-refractivity contribution in [2.45, 2.75) is 13.3 Å². The average molecular weight is 349 g/mol. The number of nitrogens with one attached hydrogen (secondary N) is 1. The smallest absolute Gasteiger partial charge is 0.254 e. The topological polar surface area (TPSA) is 71.1 Å². The Labute approximate surface area is 148 Å². The Morgan fingerprint density at radius 2 is 1.72 bits per heavy atom. The fourth-order valence-corrected chi connectivity index (χ4v) is 2.82. The Bertz CT molecular complexity index is 578. The average Bonchev–Trinajstić information content (AvgIpc) is 2.68. The molecule has 1 saturated heterocycles. The van der Waals surface area contributed by atoms with E-state index in [-0.39, 0.29) is 11.8 Å². The summed E-state index contributed by atoms with van der Waals surface area (Å²) in [6.07, 6.45) is 0.334. The highest BCUT2D eigenvalue weighted by Crippen LogP contribution is 2.23. The molecule has 0 radical (unpaired) electrons. The highest BCUT2D eigenvalue weighted by atomic mass is 16.5. The van der Waals surface area contributed by atoms with Crippen molar-refractivity contribution < 1.29 is 19.1 Å². The van der Waals surface area contributed by atoms with Gasteiger partial charge in [-0.2, -0.15) is 0 Å². The van der Waals surface area contributed by atoms with Gasteiger partial charge in [-0.1, -0.05) is 0 Å². The van der Waals surface area contributed by atoms with Gasteiger partial charge in [0.05, 0.1) is 14.2 Å². The number of hydrogen-bond acceptors (Lipinski definition) is 5. The van der Waals surface area contributed by atoms with E-state index in [4.69, 9.17) is 9.47 Å². The molecule has 0 unspecified atom stereocenters. The molecule has 1 aromatic carbocycles.